The first kappa shape index (κ1) is 11.7. The number of nitrogens with zero attached hydrogens (tertiary/aromatic N) is 1. The van der Waals surface area contributed by atoms with Crippen molar-refractivity contribution in [1.29, 1.82) is 0 Å². The van der Waals surface area contributed by atoms with Crippen LogP contribution in [0.2, 0.25) is 0 Å². The van der Waals surface area contributed by atoms with Gasteiger partial charge in [-0.15, -0.1) is 0 Å². The Bertz CT molecular complexity index is 484. The van der Waals surface area contributed by atoms with E-state index in [-0.39, 0.29) is 6.61 Å². The molecular formula is C11H15N3O3. The Morgan fingerprint density at radius 2 is 2.29 bits per heavy atom. The molecule has 0 saturated carbocycles. The van der Waals surface area contributed by atoms with E-state index < -0.39 is 0 Å². The zero-order chi connectivity index (χ0) is 12.1. The number of benzene rings is 1. The number of hydrogen-bond acceptors (Lipinski definition) is 6. The fourth-order valence-electron chi connectivity index (χ4n) is 1.41. The third-order valence-electron chi connectivity index (χ3n) is 2.17. The van der Waals surface area contributed by atoms with Crippen molar-refractivity contribution in [2.24, 2.45) is 0 Å². The molecule has 1 heterocycles. The highest BCUT2D eigenvalue weighted by atomic mass is 16.5. The topological polar surface area (TPSA) is 93.5 Å². The third-order valence-corrected chi connectivity index (χ3v) is 2.17. The van der Waals surface area contributed by atoms with Gasteiger partial charge < -0.3 is 25.3 Å². The Labute approximate surface area is 98.4 Å². The lowest BCUT2D eigenvalue weighted by Crippen LogP contribution is -2.11. The zero-order valence-corrected chi connectivity index (χ0v) is 9.35. The summed E-state index contributed by atoms with van der Waals surface area (Å²) in [6.45, 7) is 1.43. The van der Waals surface area contributed by atoms with Crippen molar-refractivity contribution < 1.29 is 14.3 Å². The number of aliphatic hydroxyl groups excluding tert-OH is 1. The monoisotopic (exact) mass is 237 g/mol. The molecular weight excluding hydrogens is 222 g/mol. The number of fused-ring (bicyclic) bond motifs is 1. The summed E-state index contributed by atoms with van der Waals surface area (Å²) in [5.41, 5.74) is 7.70. The van der Waals surface area contributed by atoms with Crippen molar-refractivity contribution in [2.45, 2.75) is 0 Å². The number of oxazole rings is 1. The zero-order valence-electron chi connectivity index (χ0n) is 9.35. The first-order valence-electron chi connectivity index (χ1n) is 5.38. The number of hydrogen-bond donors (Lipinski definition) is 3. The van der Waals surface area contributed by atoms with E-state index in [1.165, 1.54) is 0 Å². The van der Waals surface area contributed by atoms with Gasteiger partial charge in [0.1, 0.15) is 5.52 Å². The van der Waals surface area contributed by atoms with Crippen LogP contribution in [-0.2, 0) is 4.74 Å². The predicted octanol–water partition coefficient (Wildman–Crippen LogP) is 0.831. The summed E-state index contributed by atoms with van der Waals surface area (Å²) in [6, 6.07) is 5.76. The highest BCUT2D eigenvalue weighted by Crippen LogP contribution is 2.20. The maximum absolute atomic E-state index is 8.52. The Balaban J connectivity index is 1.91. The maximum Gasteiger partial charge on any atom is 0.295 e. The molecule has 6 heteroatoms. The number of aromatic nitrogens is 1. The average molecular weight is 237 g/mol. The smallest absolute Gasteiger partial charge is 0.295 e. The number of nitrogens with one attached hydrogen (secondary N) is 1. The molecule has 0 atom stereocenters. The Morgan fingerprint density at radius 1 is 1.41 bits per heavy atom. The van der Waals surface area contributed by atoms with Gasteiger partial charge in [-0.25, -0.2) is 0 Å². The van der Waals surface area contributed by atoms with E-state index in [1.54, 1.807) is 12.1 Å². The molecule has 2 rings (SSSR count). The summed E-state index contributed by atoms with van der Waals surface area (Å²) < 4.78 is 10.5. The van der Waals surface area contributed by atoms with Gasteiger partial charge >= 0.3 is 0 Å². The van der Waals surface area contributed by atoms with Crippen LogP contribution < -0.4 is 11.1 Å². The van der Waals surface area contributed by atoms with Gasteiger partial charge in [-0.05, 0) is 12.1 Å². The fraction of sp³-hybridized carbons (Fsp3) is 0.364. The van der Waals surface area contributed by atoms with Crippen molar-refractivity contribution in [3.8, 4) is 0 Å². The van der Waals surface area contributed by atoms with E-state index in [0.717, 1.165) is 5.52 Å². The van der Waals surface area contributed by atoms with Crippen molar-refractivity contribution in [1.82, 2.24) is 4.98 Å². The predicted molar refractivity (Wildman–Crippen MR) is 64.8 cm³/mol. The summed E-state index contributed by atoms with van der Waals surface area (Å²) in [7, 11) is 0. The Kier molecular flexibility index (Phi) is 3.79. The molecule has 17 heavy (non-hydrogen) atoms. The lowest BCUT2D eigenvalue weighted by Gasteiger charge is -2.01. The van der Waals surface area contributed by atoms with E-state index in [9.17, 15) is 0 Å². The normalized spacial score (nSPS) is 10.9. The lowest BCUT2D eigenvalue weighted by atomic mass is 10.3. The molecule has 1 aromatic carbocycles. The molecule has 0 aliphatic rings. The molecule has 1 aromatic heterocycles. The summed E-state index contributed by atoms with van der Waals surface area (Å²) in [5, 5.41) is 11.5. The second kappa shape index (κ2) is 5.51. The number of aliphatic hydroxyl groups is 1. The van der Waals surface area contributed by atoms with E-state index >= 15 is 0 Å². The molecule has 0 aliphatic heterocycles. The van der Waals surface area contributed by atoms with Crippen molar-refractivity contribution in [2.75, 3.05) is 37.4 Å². The van der Waals surface area contributed by atoms with Crippen LogP contribution in [0.4, 0.5) is 11.7 Å². The minimum absolute atomic E-state index is 0.0299. The molecule has 0 bridgehead atoms. The first-order valence-corrected chi connectivity index (χ1v) is 5.38. The number of nitrogen functional groups attached to an aromatic ring is 1. The molecule has 0 spiro atoms. The van der Waals surface area contributed by atoms with Gasteiger partial charge in [0.05, 0.1) is 19.8 Å². The third kappa shape index (κ3) is 3.08. The fourth-order valence-corrected chi connectivity index (χ4v) is 1.41. The van der Waals surface area contributed by atoms with Crippen LogP contribution in [-0.4, -0.2) is 36.5 Å². The van der Waals surface area contributed by atoms with Gasteiger partial charge in [0, 0.05) is 18.3 Å². The van der Waals surface area contributed by atoms with Crippen LogP contribution in [0.1, 0.15) is 0 Å². The quantitative estimate of drug-likeness (QED) is 0.509. The van der Waals surface area contributed by atoms with Crippen LogP contribution in [0.15, 0.2) is 22.6 Å². The molecule has 92 valence electrons. The Morgan fingerprint density at radius 3 is 3.12 bits per heavy atom. The van der Waals surface area contributed by atoms with Crippen LogP contribution >= 0.6 is 0 Å². The van der Waals surface area contributed by atoms with E-state index in [2.05, 4.69) is 10.3 Å². The lowest BCUT2D eigenvalue weighted by molar-refractivity contribution is 0.0990. The van der Waals surface area contributed by atoms with Crippen LogP contribution in [0.5, 0.6) is 0 Å². The molecule has 0 fully saturated rings. The number of rotatable bonds is 6. The van der Waals surface area contributed by atoms with Crippen LogP contribution in [0.25, 0.3) is 11.1 Å². The molecule has 0 amide bonds. The van der Waals surface area contributed by atoms with Gasteiger partial charge in [0.2, 0.25) is 0 Å². The maximum atomic E-state index is 8.52. The van der Waals surface area contributed by atoms with Crippen molar-refractivity contribution in [3.05, 3.63) is 18.2 Å². The standard InChI is InChI=1S/C11H15N3O3/c12-8-1-2-9-10(7-8)17-11(14-9)13-3-5-16-6-4-15/h1-2,7,15H,3-6,12H2,(H,13,14). The highest BCUT2D eigenvalue weighted by Gasteiger charge is 2.04. The minimum atomic E-state index is 0.0299. The Hall–Kier alpha value is -1.79. The SMILES string of the molecule is Nc1ccc2nc(NCCOCCO)oc2c1. The van der Waals surface area contributed by atoms with Crippen LogP contribution in [0, 0.1) is 0 Å². The summed E-state index contributed by atoms with van der Waals surface area (Å²) in [5.74, 6) is 0. The molecule has 0 radical (unpaired) electrons. The van der Waals surface area contributed by atoms with E-state index in [4.69, 9.17) is 20.0 Å². The first-order chi connectivity index (χ1) is 8.29. The molecule has 0 unspecified atom stereocenters. The number of anilines is 2. The summed E-state index contributed by atoms with van der Waals surface area (Å²) in [6.07, 6.45) is 0. The number of nitrogens with two attached hydrogens (primary N) is 1. The highest BCUT2D eigenvalue weighted by molar-refractivity contribution is 5.77. The van der Waals surface area contributed by atoms with Crippen LogP contribution in [0.3, 0.4) is 0 Å². The largest absolute Gasteiger partial charge is 0.423 e. The second-order valence-corrected chi connectivity index (χ2v) is 3.51. The number of ether oxygens (including phenoxy) is 1. The molecule has 4 N–H and O–H groups in total. The average Bonchev–Trinajstić information content (AvgIpc) is 2.70. The molecule has 0 saturated heterocycles. The van der Waals surface area contributed by atoms with Gasteiger partial charge in [-0.3, -0.25) is 0 Å². The van der Waals surface area contributed by atoms with Gasteiger partial charge in [0.25, 0.3) is 6.01 Å². The van der Waals surface area contributed by atoms with Crippen molar-refractivity contribution in [3.63, 3.8) is 0 Å². The molecule has 0 aliphatic carbocycles. The van der Waals surface area contributed by atoms with Crippen molar-refractivity contribution >= 4 is 22.8 Å². The molecule has 2 aromatic rings. The minimum Gasteiger partial charge on any atom is -0.423 e. The summed E-state index contributed by atoms with van der Waals surface area (Å²) >= 11 is 0. The molecule has 6 nitrogen and oxygen atoms in total. The van der Waals surface area contributed by atoms with E-state index in [0.29, 0.717) is 37.0 Å². The van der Waals surface area contributed by atoms with Gasteiger partial charge in [-0.2, -0.15) is 4.98 Å². The second-order valence-electron chi connectivity index (χ2n) is 3.51. The van der Waals surface area contributed by atoms with Gasteiger partial charge in [0.15, 0.2) is 5.58 Å². The van der Waals surface area contributed by atoms with Gasteiger partial charge in [-0.1, -0.05) is 0 Å². The summed E-state index contributed by atoms with van der Waals surface area (Å²) in [4.78, 5) is 4.23. The van der Waals surface area contributed by atoms with E-state index in [1.807, 2.05) is 6.07 Å².